The van der Waals surface area contributed by atoms with Gasteiger partial charge in [-0.15, -0.1) is 20.4 Å². The van der Waals surface area contributed by atoms with Crippen molar-refractivity contribution in [3.8, 4) is 16.6 Å². The van der Waals surface area contributed by atoms with Gasteiger partial charge in [0.1, 0.15) is 17.7 Å². The van der Waals surface area contributed by atoms with Gasteiger partial charge in [0.05, 0.1) is 0 Å². The molecule has 1 fully saturated rings. The number of halogens is 1. The summed E-state index contributed by atoms with van der Waals surface area (Å²) in [7, 11) is 0. The molecule has 3 aromatic rings. The molecule has 1 aromatic carbocycles. The average Bonchev–Trinajstić information content (AvgIpc) is 3.34. The number of tetrazole rings is 1. The van der Waals surface area contributed by atoms with Gasteiger partial charge >= 0.3 is 5.97 Å². The van der Waals surface area contributed by atoms with Gasteiger partial charge in [0.25, 0.3) is 0 Å². The highest BCUT2D eigenvalue weighted by molar-refractivity contribution is 7.18. The molecule has 0 aliphatic carbocycles. The highest BCUT2D eigenvalue weighted by Crippen LogP contribution is 2.30. The van der Waals surface area contributed by atoms with E-state index in [0.29, 0.717) is 10.8 Å². The van der Waals surface area contributed by atoms with Crippen LogP contribution in [0.5, 0.6) is 5.75 Å². The van der Waals surface area contributed by atoms with Crippen LogP contribution in [0.15, 0.2) is 18.2 Å². The van der Waals surface area contributed by atoms with E-state index in [9.17, 15) is 9.18 Å². The lowest BCUT2D eigenvalue weighted by Gasteiger charge is -2.31. The molecule has 12 heteroatoms. The third-order valence-corrected chi connectivity index (χ3v) is 5.47. The fraction of sp³-hybridized carbons (Fsp3) is 0.412. The zero-order valence-corrected chi connectivity index (χ0v) is 16.3. The number of nitrogens with zero attached hydrogens (tertiary/aromatic N) is 7. The second kappa shape index (κ2) is 8.07. The summed E-state index contributed by atoms with van der Waals surface area (Å²) in [6, 6.07) is 4.55. The molecule has 0 saturated carbocycles. The number of ether oxygens (including phenoxy) is 1. The molecule has 3 heterocycles. The molecule has 0 amide bonds. The maximum atomic E-state index is 13.4. The number of anilines is 1. The lowest BCUT2D eigenvalue weighted by Crippen LogP contribution is -2.38. The highest BCUT2D eigenvalue weighted by atomic mass is 32.1. The summed E-state index contributed by atoms with van der Waals surface area (Å²) in [5, 5.41) is 29.8. The second-order valence-electron chi connectivity index (χ2n) is 6.64. The maximum absolute atomic E-state index is 13.4. The Kier molecular flexibility index (Phi) is 5.34. The van der Waals surface area contributed by atoms with Gasteiger partial charge in [0.2, 0.25) is 11.0 Å². The van der Waals surface area contributed by atoms with Crippen molar-refractivity contribution in [2.45, 2.75) is 32.4 Å². The zero-order chi connectivity index (χ0) is 20.4. The average molecular weight is 419 g/mol. The van der Waals surface area contributed by atoms with Crippen LogP contribution < -0.4 is 9.64 Å². The Bertz CT molecular complexity index is 1020. The number of benzene rings is 1. The molecular weight excluding hydrogens is 401 g/mol. The van der Waals surface area contributed by atoms with Crippen molar-refractivity contribution in [3.05, 3.63) is 29.6 Å². The Morgan fingerprint density at radius 1 is 1.31 bits per heavy atom. The molecule has 0 radical (unpaired) electrons. The van der Waals surface area contributed by atoms with Crippen LogP contribution in [0.2, 0.25) is 0 Å². The van der Waals surface area contributed by atoms with E-state index in [1.807, 2.05) is 6.92 Å². The maximum Gasteiger partial charge on any atom is 0.327 e. The molecule has 29 heavy (non-hydrogen) atoms. The van der Waals surface area contributed by atoms with Crippen LogP contribution in [0.3, 0.4) is 0 Å². The summed E-state index contributed by atoms with van der Waals surface area (Å²) in [5.74, 6) is -0.532. The minimum Gasteiger partial charge on any atom is -0.490 e. The predicted octanol–water partition coefficient (Wildman–Crippen LogP) is 1.77. The fourth-order valence-corrected chi connectivity index (χ4v) is 3.82. The molecular formula is C17H18FN7O3S. The first-order chi connectivity index (χ1) is 14.0. The molecule has 4 rings (SSSR count). The molecule has 0 unspecified atom stereocenters. The first-order valence-electron chi connectivity index (χ1n) is 8.99. The van der Waals surface area contributed by atoms with Crippen LogP contribution in [-0.2, 0) is 11.3 Å². The van der Waals surface area contributed by atoms with E-state index >= 15 is 0 Å². The van der Waals surface area contributed by atoms with Crippen molar-refractivity contribution >= 4 is 22.4 Å². The van der Waals surface area contributed by atoms with Gasteiger partial charge in [0.15, 0.2) is 11.6 Å². The summed E-state index contributed by atoms with van der Waals surface area (Å²) >= 11 is 1.32. The first kappa shape index (κ1) is 19.2. The van der Waals surface area contributed by atoms with Gasteiger partial charge in [-0.25, -0.2) is 4.39 Å². The summed E-state index contributed by atoms with van der Waals surface area (Å²) in [5.41, 5.74) is 0.908. The molecule has 0 spiro atoms. The van der Waals surface area contributed by atoms with E-state index in [4.69, 9.17) is 9.84 Å². The number of carboxylic acid groups (broad SMARTS) is 1. The number of carbonyl (C=O) groups is 1. The highest BCUT2D eigenvalue weighted by Gasteiger charge is 2.24. The predicted molar refractivity (Wildman–Crippen MR) is 101 cm³/mol. The molecule has 1 aliphatic heterocycles. The monoisotopic (exact) mass is 419 g/mol. The molecule has 2 aromatic heterocycles. The molecule has 0 atom stereocenters. The molecule has 0 bridgehead atoms. The van der Waals surface area contributed by atoms with Gasteiger partial charge in [-0.1, -0.05) is 17.4 Å². The van der Waals surface area contributed by atoms with Crippen molar-refractivity contribution in [1.29, 1.82) is 0 Å². The number of hydrogen-bond acceptors (Lipinski definition) is 9. The minimum atomic E-state index is -1.05. The van der Waals surface area contributed by atoms with E-state index in [0.717, 1.165) is 41.4 Å². The number of carboxylic acids is 1. The third kappa shape index (κ3) is 4.47. The number of piperidine rings is 1. The third-order valence-electron chi connectivity index (χ3n) is 4.49. The van der Waals surface area contributed by atoms with Gasteiger partial charge in [-0.05, 0) is 23.8 Å². The van der Waals surface area contributed by atoms with E-state index in [1.165, 1.54) is 23.5 Å². The topological polar surface area (TPSA) is 119 Å². The van der Waals surface area contributed by atoms with E-state index in [1.54, 1.807) is 6.07 Å². The lowest BCUT2D eigenvalue weighted by atomic mass is 10.1. The zero-order valence-electron chi connectivity index (χ0n) is 15.5. The first-order valence-corrected chi connectivity index (χ1v) is 9.81. The molecule has 152 valence electrons. The largest absolute Gasteiger partial charge is 0.490 e. The molecule has 1 saturated heterocycles. The van der Waals surface area contributed by atoms with Crippen molar-refractivity contribution in [3.63, 3.8) is 0 Å². The number of aliphatic carboxylic acids is 1. The normalized spacial score (nSPS) is 14.9. The number of aryl methyl sites for hydroxylation is 1. The van der Waals surface area contributed by atoms with Crippen LogP contribution >= 0.6 is 11.3 Å². The van der Waals surface area contributed by atoms with Crippen LogP contribution in [0.4, 0.5) is 9.52 Å². The standard InChI is InChI=1S/C17H18FN7O3S/c1-10-2-3-11(18)8-13(10)28-12-4-6-24(7-5-12)17-21-20-16(29-17)15-19-23-25(22-15)9-14(26)27/h2-3,8,12H,4-7,9H2,1H3,(H,26,27). The van der Waals surface area contributed by atoms with Crippen LogP contribution in [-0.4, -0.2) is 60.7 Å². The van der Waals surface area contributed by atoms with Gasteiger partial charge in [-0.2, -0.15) is 4.80 Å². The Hall–Kier alpha value is -3.15. The van der Waals surface area contributed by atoms with Crippen molar-refractivity contribution in [1.82, 2.24) is 30.4 Å². The second-order valence-corrected chi connectivity index (χ2v) is 7.60. The van der Waals surface area contributed by atoms with E-state index < -0.39 is 5.97 Å². The Morgan fingerprint density at radius 3 is 2.86 bits per heavy atom. The van der Waals surface area contributed by atoms with E-state index in [2.05, 4.69) is 30.5 Å². The van der Waals surface area contributed by atoms with Gasteiger partial charge in [-0.3, -0.25) is 4.79 Å². The summed E-state index contributed by atoms with van der Waals surface area (Å²) in [6.45, 7) is 2.99. The molecule has 1 N–H and O–H groups in total. The summed E-state index contributed by atoms with van der Waals surface area (Å²) in [6.07, 6.45) is 1.56. The number of rotatable bonds is 6. The fourth-order valence-electron chi connectivity index (χ4n) is 3.00. The smallest absolute Gasteiger partial charge is 0.327 e. The SMILES string of the molecule is Cc1ccc(F)cc1OC1CCN(c2nnc(-c3nnn(CC(=O)O)n3)s2)CC1. The van der Waals surface area contributed by atoms with Crippen LogP contribution in [0, 0.1) is 12.7 Å². The Morgan fingerprint density at radius 2 is 2.10 bits per heavy atom. The number of hydrogen-bond donors (Lipinski definition) is 1. The number of aromatic nitrogens is 6. The van der Waals surface area contributed by atoms with Crippen LogP contribution in [0.1, 0.15) is 18.4 Å². The molecule has 10 nitrogen and oxygen atoms in total. The summed E-state index contributed by atoms with van der Waals surface area (Å²) < 4.78 is 19.4. The van der Waals surface area contributed by atoms with Gasteiger partial charge in [0, 0.05) is 32.0 Å². The van der Waals surface area contributed by atoms with Crippen molar-refractivity contribution in [2.24, 2.45) is 0 Å². The van der Waals surface area contributed by atoms with Crippen molar-refractivity contribution in [2.75, 3.05) is 18.0 Å². The lowest BCUT2D eigenvalue weighted by molar-refractivity contribution is -0.138. The van der Waals surface area contributed by atoms with Crippen molar-refractivity contribution < 1.29 is 19.0 Å². The Labute approximate surface area is 168 Å². The van der Waals surface area contributed by atoms with Gasteiger partial charge < -0.3 is 14.7 Å². The quantitative estimate of drug-likeness (QED) is 0.637. The molecule has 1 aliphatic rings. The van der Waals surface area contributed by atoms with E-state index in [-0.39, 0.29) is 24.3 Å². The van der Waals surface area contributed by atoms with Crippen LogP contribution in [0.25, 0.3) is 10.8 Å². The summed E-state index contributed by atoms with van der Waals surface area (Å²) in [4.78, 5) is 13.8. The minimum absolute atomic E-state index is 0.0109. The Balaban J connectivity index is 1.36.